The minimum Gasteiger partial charge on any atom is -0.444 e. The molecule has 1 saturated heterocycles. The fraction of sp³-hybridized carbons (Fsp3) is 0.560. The molecule has 4 atom stereocenters. The maximum atomic E-state index is 13.6. The Labute approximate surface area is 402 Å². The van der Waals surface area contributed by atoms with E-state index < -0.39 is 55.9 Å². The molecular formula is C50H73N7O8S2. The number of aromatic amines is 1. The largest absolute Gasteiger partial charge is 0.444 e. The van der Waals surface area contributed by atoms with Crippen LogP contribution in [0, 0.1) is 5.92 Å². The van der Waals surface area contributed by atoms with Gasteiger partial charge in [0.25, 0.3) is 5.91 Å². The number of benzene rings is 2. The molecule has 4 aliphatic rings. The molecule has 0 spiro atoms. The van der Waals surface area contributed by atoms with Crippen LogP contribution in [0.1, 0.15) is 153 Å². The number of alkyl carbamates (subject to hydrolysis) is 1. The van der Waals surface area contributed by atoms with Crippen molar-refractivity contribution in [2.75, 3.05) is 6.54 Å². The normalized spacial score (nSPS) is 23.5. The first-order valence-electron chi connectivity index (χ1n) is 23.7. The van der Waals surface area contributed by atoms with Crippen LogP contribution in [-0.2, 0) is 35.6 Å². The van der Waals surface area contributed by atoms with Crippen LogP contribution < -0.4 is 21.0 Å². The molecule has 2 aromatic heterocycles. The lowest BCUT2D eigenvalue weighted by Gasteiger charge is -2.30. The molecule has 2 saturated carbocycles. The first-order chi connectivity index (χ1) is 31.6. The summed E-state index contributed by atoms with van der Waals surface area (Å²) in [5, 5.41) is 8.60. The van der Waals surface area contributed by atoms with E-state index in [-0.39, 0.29) is 34.3 Å². The van der Waals surface area contributed by atoms with Gasteiger partial charge in [-0.3, -0.25) is 23.7 Å². The molecular weight excluding hydrogens is 891 g/mol. The summed E-state index contributed by atoms with van der Waals surface area (Å²) < 4.78 is 34.0. The first kappa shape index (κ1) is 49.6. The van der Waals surface area contributed by atoms with Gasteiger partial charge in [0.15, 0.2) is 0 Å². The summed E-state index contributed by atoms with van der Waals surface area (Å²) in [5.74, 6) is -1.38. The highest BCUT2D eigenvalue weighted by molar-refractivity contribution is 7.91. The molecule has 4 heterocycles. The van der Waals surface area contributed by atoms with E-state index in [2.05, 4.69) is 63.8 Å². The summed E-state index contributed by atoms with van der Waals surface area (Å²) >= 11 is 1.63. The van der Waals surface area contributed by atoms with Gasteiger partial charge in [0.2, 0.25) is 21.8 Å². The van der Waals surface area contributed by atoms with Gasteiger partial charge < -0.3 is 25.3 Å². The van der Waals surface area contributed by atoms with Crippen molar-refractivity contribution in [3.05, 3.63) is 87.3 Å². The summed E-state index contributed by atoms with van der Waals surface area (Å²) in [4.78, 5) is 74.8. The van der Waals surface area contributed by atoms with E-state index in [0.29, 0.717) is 51.0 Å². The number of ether oxygens (including phenoxy) is 1. The lowest BCUT2D eigenvalue weighted by atomic mass is 10.0. The lowest BCUT2D eigenvalue weighted by Crippen LogP contribution is -2.58. The minimum atomic E-state index is -3.88. The molecule has 4 N–H and O–H groups in total. The number of carbonyl (C=O) groups excluding carboxylic acids is 4. The number of aromatic nitrogens is 3. The van der Waals surface area contributed by atoms with Crippen LogP contribution in [0.2, 0.25) is 0 Å². The highest BCUT2D eigenvalue weighted by Crippen LogP contribution is 2.47. The molecule has 0 bridgehead atoms. The standard InChI is InChI=1S/C27H42N4O7S.C23H25N3OS.3H2/c1-25(2,3)38-24(35)28-19-12-9-7-5-6-8-11-18-17-27(18,23(34)30-39(36,37)26(4)14-15-26)29-21(32)20-13-10-16-31(20)22(19)33;1-14(2)17-10-8-16(9-11-17)12-18-13-28-22(24-18)19-6-5-7-20-21(19)25-23(27)26(20)15(3)4;;;/h8,11,18-20H,5-7,9-10,12-17H2,1-4H3,(H,28,35)(H,29,32)(H,30,34);5-11,13-15H,12H2,1-4H3,(H,25,27);3*1H/b11-8-;;;;/t18-,19+,20+,27-;;;;/m1..../s1. The molecule has 0 unspecified atom stereocenters. The van der Waals surface area contributed by atoms with Gasteiger partial charge in [-0.15, -0.1) is 11.3 Å². The SMILES string of the molecule is CC(C)(C)OC(=O)N[C@H]1CCCCC/C=C\[C@@H]2C[C@@]2(C(=O)NS(=O)(=O)C2(C)CC2)NC(=O)[C@@H]2CCCN2C1=O.CC(C)c1ccc(Cc2csc(-c3cccc4c3[nH]c(=O)n4C(C)C)n2)cc1.[HH].[HH].[HH]. The van der Waals surface area contributed by atoms with Gasteiger partial charge >= 0.3 is 11.8 Å². The third kappa shape index (κ3) is 11.4. The van der Waals surface area contributed by atoms with Crippen LogP contribution in [0.15, 0.2) is 64.8 Å². The molecule has 4 aromatic rings. The van der Waals surface area contributed by atoms with Crippen LogP contribution in [-0.4, -0.2) is 86.2 Å². The number of hydrogen-bond acceptors (Lipinski definition) is 10. The molecule has 15 nitrogen and oxygen atoms in total. The van der Waals surface area contributed by atoms with Crippen LogP contribution >= 0.6 is 11.3 Å². The zero-order valence-corrected chi connectivity index (χ0v) is 41.7. The molecule has 2 aliphatic carbocycles. The van der Waals surface area contributed by atoms with Gasteiger partial charge in [-0.2, -0.15) is 0 Å². The van der Waals surface area contributed by atoms with Crippen LogP contribution in [0.25, 0.3) is 21.6 Å². The third-order valence-electron chi connectivity index (χ3n) is 13.2. The summed E-state index contributed by atoms with van der Waals surface area (Å²) in [6.45, 7) is 15.6. The van der Waals surface area contributed by atoms with Crippen molar-refractivity contribution in [3.8, 4) is 10.6 Å². The minimum absolute atomic E-state index is 0. The van der Waals surface area contributed by atoms with Crippen molar-refractivity contribution < 1.29 is 36.6 Å². The van der Waals surface area contributed by atoms with Crippen LogP contribution in [0.3, 0.4) is 0 Å². The predicted molar refractivity (Wildman–Crippen MR) is 268 cm³/mol. The van der Waals surface area contributed by atoms with E-state index in [4.69, 9.17) is 9.72 Å². The van der Waals surface area contributed by atoms with Crippen molar-refractivity contribution in [2.24, 2.45) is 5.92 Å². The van der Waals surface area contributed by atoms with Gasteiger partial charge in [-0.25, -0.2) is 23.0 Å². The molecule has 3 fully saturated rings. The van der Waals surface area contributed by atoms with Crippen molar-refractivity contribution >= 4 is 56.2 Å². The quantitative estimate of drug-likeness (QED) is 0.118. The van der Waals surface area contributed by atoms with E-state index in [1.807, 2.05) is 44.2 Å². The number of thiazole rings is 1. The molecule has 8 rings (SSSR count). The zero-order valence-electron chi connectivity index (χ0n) is 40.1. The molecule has 67 heavy (non-hydrogen) atoms. The van der Waals surface area contributed by atoms with Crippen LogP contribution in [0.5, 0.6) is 0 Å². The number of amides is 4. The van der Waals surface area contributed by atoms with Crippen molar-refractivity contribution in [2.45, 2.75) is 166 Å². The Kier molecular flexibility index (Phi) is 14.6. The molecule has 368 valence electrons. The number of allylic oxidation sites excluding steroid dienone is 1. The topological polar surface area (TPSA) is 202 Å². The highest BCUT2D eigenvalue weighted by Gasteiger charge is 2.63. The third-order valence-corrected chi connectivity index (χ3v) is 16.3. The fourth-order valence-electron chi connectivity index (χ4n) is 8.91. The number of fused-ring (bicyclic) bond motifs is 3. The van der Waals surface area contributed by atoms with E-state index in [0.717, 1.165) is 53.0 Å². The molecule has 4 amide bonds. The number of nitrogens with zero attached hydrogens (tertiary/aromatic N) is 3. The number of sulfonamides is 1. The first-order valence-corrected chi connectivity index (χ1v) is 26.1. The molecule has 2 aliphatic heterocycles. The van der Waals surface area contributed by atoms with Crippen molar-refractivity contribution in [3.63, 3.8) is 0 Å². The summed E-state index contributed by atoms with van der Waals surface area (Å²) in [6.07, 6.45) is 9.77. The summed E-state index contributed by atoms with van der Waals surface area (Å²) in [6, 6.07) is 13.2. The number of imidazole rings is 1. The number of H-pyrrole nitrogens is 1. The average molecular weight is 964 g/mol. The Morgan fingerprint density at radius 1 is 1.00 bits per heavy atom. The van der Waals surface area contributed by atoms with Gasteiger partial charge in [-0.1, -0.05) is 69.2 Å². The summed E-state index contributed by atoms with van der Waals surface area (Å²) in [5.41, 5.74) is 4.28. The number of nitrogens with one attached hydrogen (secondary N) is 4. The number of hydrogen-bond donors (Lipinski definition) is 4. The monoisotopic (exact) mass is 963 g/mol. The van der Waals surface area contributed by atoms with Crippen molar-refractivity contribution in [1.29, 1.82) is 0 Å². The number of carbonyl (C=O) groups is 4. The van der Waals surface area contributed by atoms with Crippen LogP contribution in [0.4, 0.5) is 4.79 Å². The van der Waals surface area contributed by atoms with E-state index in [1.54, 1.807) is 43.6 Å². The van der Waals surface area contributed by atoms with Gasteiger partial charge in [0, 0.05) is 40.1 Å². The Bertz CT molecular complexity index is 2690. The Morgan fingerprint density at radius 3 is 2.40 bits per heavy atom. The van der Waals surface area contributed by atoms with Crippen molar-refractivity contribution in [1.82, 2.24) is 34.8 Å². The predicted octanol–water partition coefficient (Wildman–Crippen LogP) is 8.75. The smallest absolute Gasteiger partial charge is 0.408 e. The molecule has 17 heteroatoms. The highest BCUT2D eigenvalue weighted by atomic mass is 32.2. The molecule has 0 radical (unpaired) electrons. The second-order valence-corrected chi connectivity index (χ2v) is 23.5. The van der Waals surface area contributed by atoms with Gasteiger partial charge in [0.05, 0.1) is 21.5 Å². The second-order valence-electron chi connectivity index (χ2n) is 20.4. The maximum Gasteiger partial charge on any atom is 0.408 e. The van der Waals surface area contributed by atoms with E-state index >= 15 is 0 Å². The Morgan fingerprint density at radius 2 is 1.73 bits per heavy atom. The maximum absolute atomic E-state index is 13.6. The lowest BCUT2D eigenvalue weighted by molar-refractivity contribution is -0.141. The van der Waals surface area contributed by atoms with Gasteiger partial charge in [-0.05, 0) is 122 Å². The average Bonchev–Trinajstić information content (AvgIpc) is 3.91. The van der Waals surface area contributed by atoms with E-state index in [9.17, 15) is 32.4 Å². The Balaban J connectivity index is 0.000000306. The van der Waals surface area contributed by atoms with E-state index in [1.165, 1.54) is 16.0 Å². The fourth-order valence-corrected chi connectivity index (χ4v) is 11.1. The number of para-hydroxylation sites is 1. The molecule has 2 aromatic carbocycles. The summed E-state index contributed by atoms with van der Waals surface area (Å²) in [7, 11) is -3.88. The zero-order chi connectivity index (χ0) is 48.5. The Hall–Kier alpha value is -5.29. The number of rotatable bonds is 9. The second kappa shape index (κ2) is 19.7. The van der Waals surface area contributed by atoms with Gasteiger partial charge in [0.1, 0.15) is 28.2 Å².